The number of allylic oxidation sites excluding steroid dienone is 1. The van der Waals surface area contributed by atoms with E-state index in [4.69, 9.17) is 0 Å². The summed E-state index contributed by atoms with van der Waals surface area (Å²) in [6, 6.07) is 0. The molecule has 4 nitrogen and oxygen atoms in total. The normalized spacial score (nSPS) is 10.8. The van der Waals surface area contributed by atoms with Gasteiger partial charge in [-0.05, 0) is 12.3 Å². The number of rotatable bonds is 5. The number of aromatic nitrogens is 2. The molecular weight excluding hydrogens is 202 g/mol. The third-order valence-corrected chi connectivity index (χ3v) is 2.82. The van der Waals surface area contributed by atoms with Crippen LogP contribution in [0.15, 0.2) is 17.1 Å². The van der Waals surface area contributed by atoms with Gasteiger partial charge in [0.25, 0.3) is 5.56 Å². The molecule has 0 radical (unpaired) electrons. The Balaban J connectivity index is 2.81. The van der Waals surface area contributed by atoms with Gasteiger partial charge in [-0.1, -0.05) is 27.4 Å². The molecule has 0 aliphatic carbocycles. The molecule has 0 spiro atoms. The van der Waals surface area contributed by atoms with E-state index < -0.39 is 0 Å². The van der Waals surface area contributed by atoms with Crippen LogP contribution in [-0.2, 0) is 20.0 Å². The van der Waals surface area contributed by atoms with Gasteiger partial charge in [0.15, 0.2) is 0 Å². The molecule has 0 fully saturated rings. The summed E-state index contributed by atoms with van der Waals surface area (Å²) in [5.74, 6) is 0.382. The summed E-state index contributed by atoms with van der Waals surface area (Å²) in [5, 5.41) is 5.97. The van der Waals surface area contributed by atoms with Crippen LogP contribution in [0.1, 0.15) is 32.0 Å². The quantitative estimate of drug-likeness (QED) is 0.795. The second-order valence-corrected chi connectivity index (χ2v) is 4.31. The number of hydrogen-bond acceptors (Lipinski definition) is 2. The lowest BCUT2D eigenvalue weighted by Crippen LogP contribution is -2.20. The summed E-state index contributed by atoms with van der Waals surface area (Å²) >= 11 is 0. The maximum atomic E-state index is 11.7. The monoisotopic (exact) mass is 223 g/mol. The summed E-state index contributed by atoms with van der Waals surface area (Å²) in [5.41, 5.74) is 2.81. The fraction of sp³-hybridized carbons (Fsp3) is 0.583. The second-order valence-electron chi connectivity index (χ2n) is 4.31. The fourth-order valence-electron chi connectivity index (χ4n) is 1.66. The second kappa shape index (κ2) is 5.05. The van der Waals surface area contributed by atoms with Crippen molar-refractivity contribution in [2.45, 2.75) is 33.7 Å². The minimum absolute atomic E-state index is 0.0107. The lowest BCUT2D eigenvalue weighted by Gasteiger charge is -2.12. The van der Waals surface area contributed by atoms with Gasteiger partial charge in [-0.3, -0.25) is 14.6 Å². The van der Waals surface area contributed by atoms with Crippen molar-refractivity contribution in [3.63, 3.8) is 0 Å². The zero-order valence-corrected chi connectivity index (χ0v) is 10.6. The molecular formula is C12H21N3O. The standard InChI is InChI=1S/C12H21N3O/c1-6-11-10(12(16)14-15(11)5)7-13-9(4)8(2)3/h8,13H,4,6-7H2,1-3,5H3,(H,14,16). The van der Waals surface area contributed by atoms with Crippen LogP contribution in [0.25, 0.3) is 0 Å². The molecule has 0 atom stereocenters. The fourth-order valence-corrected chi connectivity index (χ4v) is 1.66. The van der Waals surface area contributed by atoms with E-state index in [9.17, 15) is 4.79 Å². The Bertz CT molecular complexity index is 426. The Morgan fingerprint density at radius 1 is 1.56 bits per heavy atom. The SMILES string of the molecule is C=C(NCc1c(CC)n(C)[nH]c1=O)C(C)C. The summed E-state index contributed by atoms with van der Waals surface area (Å²) in [4.78, 5) is 11.7. The highest BCUT2D eigenvalue weighted by atomic mass is 16.1. The van der Waals surface area contributed by atoms with E-state index in [1.54, 1.807) is 4.68 Å². The Morgan fingerprint density at radius 3 is 2.69 bits per heavy atom. The van der Waals surface area contributed by atoms with Crippen molar-refractivity contribution in [1.82, 2.24) is 15.1 Å². The van der Waals surface area contributed by atoms with Gasteiger partial charge in [0, 0.05) is 25.0 Å². The zero-order chi connectivity index (χ0) is 12.3. The van der Waals surface area contributed by atoms with Crippen LogP contribution in [0.4, 0.5) is 0 Å². The summed E-state index contributed by atoms with van der Waals surface area (Å²) < 4.78 is 1.79. The molecule has 0 aliphatic rings. The first-order valence-corrected chi connectivity index (χ1v) is 5.66. The molecule has 0 saturated heterocycles. The average Bonchev–Trinajstić information content (AvgIpc) is 2.48. The van der Waals surface area contributed by atoms with Gasteiger partial charge in [0.05, 0.1) is 5.56 Å². The molecule has 2 N–H and O–H groups in total. The largest absolute Gasteiger partial charge is 0.384 e. The molecule has 1 aromatic rings. The van der Waals surface area contributed by atoms with Crippen LogP contribution >= 0.6 is 0 Å². The first-order valence-electron chi connectivity index (χ1n) is 5.66. The van der Waals surface area contributed by atoms with Gasteiger partial charge in [-0.15, -0.1) is 0 Å². The number of H-pyrrole nitrogens is 1. The number of aromatic amines is 1. The Hall–Kier alpha value is -1.45. The minimum Gasteiger partial charge on any atom is -0.384 e. The first kappa shape index (κ1) is 12.6. The smallest absolute Gasteiger partial charge is 0.269 e. The van der Waals surface area contributed by atoms with Gasteiger partial charge < -0.3 is 5.32 Å². The van der Waals surface area contributed by atoms with E-state index in [0.29, 0.717) is 12.5 Å². The predicted molar refractivity (Wildman–Crippen MR) is 66.2 cm³/mol. The van der Waals surface area contributed by atoms with Gasteiger partial charge in [0.1, 0.15) is 0 Å². The zero-order valence-electron chi connectivity index (χ0n) is 10.6. The van der Waals surface area contributed by atoms with Crippen molar-refractivity contribution < 1.29 is 0 Å². The van der Waals surface area contributed by atoms with Crippen LogP contribution in [-0.4, -0.2) is 9.78 Å². The van der Waals surface area contributed by atoms with Crippen LogP contribution in [0.3, 0.4) is 0 Å². The number of hydrogen-bond donors (Lipinski definition) is 2. The molecule has 0 amide bonds. The molecule has 1 heterocycles. The molecule has 0 saturated carbocycles. The van der Waals surface area contributed by atoms with Gasteiger partial charge >= 0.3 is 0 Å². The van der Waals surface area contributed by atoms with Crippen molar-refractivity contribution in [2.24, 2.45) is 13.0 Å². The van der Waals surface area contributed by atoms with E-state index in [1.165, 1.54) is 0 Å². The third-order valence-electron chi connectivity index (χ3n) is 2.82. The van der Waals surface area contributed by atoms with Gasteiger partial charge in [-0.25, -0.2) is 0 Å². The molecule has 0 aromatic carbocycles. The maximum absolute atomic E-state index is 11.7. The van der Waals surface area contributed by atoms with Crippen molar-refractivity contribution in [3.05, 3.63) is 33.9 Å². The van der Waals surface area contributed by atoms with E-state index in [1.807, 2.05) is 14.0 Å². The van der Waals surface area contributed by atoms with E-state index in [2.05, 4.69) is 30.8 Å². The summed E-state index contributed by atoms with van der Waals surface area (Å²) in [6.07, 6.45) is 0.848. The Kier molecular flexibility index (Phi) is 3.99. The van der Waals surface area contributed by atoms with Gasteiger partial charge in [-0.2, -0.15) is 0 Å². The molecule has 0 bridgehead atoms. The van der Waals surface area contributed by atoms with Crippen LogP contribution < -0.4 is 10.9 Å². The Labute approximate surface area is 96.3 Å². The van der Waals surface area contributed by atoms with E-state index >= 15 is 0 Å². The topological polar surface area (TPSA) is 49.8 Å². The summed E-state index contributed by atoms with van der Waals surface area (Å²) in [6.45, 7) is 10.7. The van der Waals surface area contributed by atoms with Crippen molar-refractivity contribution >= 4 is 0 Å². The van der Waals surface area contributed by atoms with Crippen molar-refractivity contribution in [1.29, 1.82) is 0 Å². The van der Waals surface area contributed by atoms with Crippen LogP contribution in [0.5, 0.6) is 0 Å². The summed E-state index contributed by atoms with van der Waals surface area (Å²) in [7, 11) is 1.86. The van der Waals surface area contributed by atoms with Crippen LogP contribution in [0.2, 0.25) is 0 Å². The van der Waals surface area contributed by atoms with Crippen molar-refractivity contribution in [2.75, 3.05) is 0 Å². The highest BCUT2D eigenvalue weighted by Crippen LogP contribution is 2.07. The molecule has 90 valence electrons. The highest BCUT2D eigenvalue weighted by molar-refractivity contribution is 5.18. The molecule has 0 aliphatic heterocycles. The third kappa shape index (κ3) is 2.56. The van der Waals surface area contributed by atoms with Gasteiger partial charge in [0.2, 0.25) is 0 Å². The first-order chi connectivity index (χ1) is 7.47. The molecule has 16 heavy (non-hydrogen) atoms. The lowest BCUT2D eigenvalue weighted by atomic mass is 10.1. The number of nitrogens with one attached hydrogen (secondary N) is 2. The number of aryl methyl sites for hydroxylation is 1. The minimum atomic E-state index is -0.0107. The van der Waals surface area contributed by atoms with Crippen LogP contribution in [0, 0.1) is 5.92 Å². The van der Waals surface area contributed by atoms with E-state index in [-0.39, 0.29) is 5.56 Å². The maximum Gasteiger partial charge on any atom is 0.269 e. The van der Waals surface area contributed by atoms with Crippen molar-refractivity contribution in [3.8, 4) is 0 Å². The molecule has 1 aromatic heterocycles. The Morgan fingerprint density at radius 2 is 2.19 bits per heavy atom. The predicted octanol–water partition coefficient (Wildman–Crippen LogP) is 1.54. The number of nitrogens with zero attached hydrogens (tertiary/aromatic N) is 1. The average molecular weight is 223 g/mol. The molecule has 0 unspecified atom stereocenters. The highest BCUT2D eigenvalue weighted by Gasteiger charge is 2.11. The van der Waals surface area contributed by atoms with E-state index in [0.717, 1.165) is 23.4 Å². The molecule has 4 heteroatoms. The molecule has 1 rings (SSSR count). The lowest BCUT2D eigenvalue weighted by molar-refractivity contribution is 0.650.